The minimum atomic E-state index is -0.674. The molecule has 3 aromatic rings. The molecule has 0 fully saturated rings. The van der Waals surface area contributed by atoms with Gasteiger partial charge in [0, 0.05) is 32.3 Å². The number of aromatic nitrogens is 3. The number of benzene rings is 1. The first-order chi connectivity index (χ1) is 16.8. The van der Waals surface area contributed by atoms with E-state index in [9.17, 15) is 19.1 Å². The molecule has 3 heterocycles. The van der Waals surface area contributed by atoms with Gasteiger partial charge >= 0.3 is 0 Å². The zero-order valence-corrected chi connectivity index (χ0v) is 20.5. The molecule has 1 aromatic carbocycles. The highest BCUT2D eigenvalue weighted by Crippen LogP contribution is 2.30. The number of amides is 1. The summed E-state index contributed by atoms with van der Waals surface area (Å²) in [5, 5.41) is 20.0. The number of methoxy groups -OCH3 is 1. The molecular weight excluding hydrogens is 475 g/mol. The van der Waals surface area contributed by atoms with Gasteiger partial charge < -0.3 is 24.0 Å². The molecule has 0 unspecified atom stereocenters. The Bertz CT molecular complexity index is 1260. The maximum atomic E-state index is 13.3. The topological polar surface area (TPSA) is 107 Å². The molecule has 1 aliphatic heterocycles. The molecule has 0 spiro atoms. The fraction of sp³-hybridized carbons (Fsp3) is 0.417. The predicted molar refractivity (Wildman–Crippen MR) is 128 cm³/mol. The largest absolute Gasteiger partial charge is 0.503 e. The zero-order chi connectivity index (χ0) is 25.1. The van der Waals surface area contributed by atoms with Crippen LogP contribution in [-0.2, 0) is 22.4 Å². The number of carbonyl (C=O) groups excluding carboxylic acids is 1. The van der Waals surface area contributed by atoms with Gasteiger partial charge in [-0.25, -0.2) is 4.39 Å². The molecule has 0 radical (unpaired) electrons. The van der Waals surface area contributed by atoms with Gasteiger partial charge in [0.1, 0.15) is 10.8 Å². The first kappa shape index (κ1) is 25.0. The van der Waals surface area contributed by atoms with Crippen LogP contribution >= 0.6 is 11.3 Å². The van der Waals surface area contributed by atoms with Crippen molar-refractivity contribution in [3.63, 3.8) is 0 Å². The lowest BCUT2D eigenvalue weighted by atomic mass is 10.1. The third kappa shape index (κ3) is 5.26. The van der Waals surface area contributed by atoms with Crippen molar-refractivity contribution in [1.82, 2.24) is 19.7 Å². The molecule has 0 saturated heterocycles. The molecule has 1 N–H and O–H groups in total. The summed E-state index contributed by atoms with van der Waals surface area (Å²) in [6, 6.07) is 5.63. The molecule has 35 heavy (non-hydrogen) atoms. The Morgan fingerprint density at radius 1 is 1.20 bits per heavy atom. The molecule has 186 valence electrons. The second-order valence-corrected chi connectivity index (χ2v) is 9.62. The third-order valence-electron chi connectivity index (χ3n) is 5.76. The standard InChI is InChI=1S/C24H27FN4O5S/c1-14(2)29-17(13-34-9-8-33-3)11-28-12-18(21(30)22(31)20(28)24(29)32)23-27-26-19(35-23)10-15-4-6-16(25)7-5-15/h4-7,12,14,17,31H,8-11,13H2,1-3H3/t17-/m1/s1. The molecule has 11 heteroatoms. The maximum absolute atomic E-state index is 13.3. The number of hydrogen-bond acceptors (Lipinski definition) is 8. The quantitative estimate of drug-likeness (QED) is 0.449. The number of aromatic hydroxyl groups is 1. The SMILES string of the molecule is COCCOC[C@H]1Cn2cc(-c3nnc(Cc4ccc(F)cc4)s3)c(=O)c(O)c2C(=O)N1C(C)C. The van der Waals surface area contributed by atoms with Crippen molar-refractivity contribution in [1.29, 1.82) is 0 Å². The molecule has 9 nitrogen and oxygen atoms in total. The van der Waals surface area contributed by atoms with Gasteiger partial charge in [0.25, 0.3) is 5.91 Å². The first-order valence-corrected chi connectivity index (χ1v) is 12.0. The fourth-order valence-electron chi connectivity index (χ4n) is 4.14. The van der Waals surface area contributed by atoms with Gasteiger partial charge in [0.15, 0.2) is 16.5 Å². The van der Waals surface area contributed by atoms with E-state index in [0.717, 1.165) is 5.56 Å². The van der Waals surface area contributed by atoms with Crippen molar-refractivity contribution in [3.05, 3.63) is 62.8 Å². The van der Waals surface area contributed by atoms with Crippen LogP contribution in [0.15, 0.2) is 35.3 Å². The Kier molecular flexibility index (Phi) is 7.58. The summed E-state index contributed by atoms with van der Waals surface area (Å²) in [5.41, 5.74) is 0.304. The van der Waals surface area contributed by atoms with Gasteiger partial charge in [-0.1, -0.05) is 23.5 Å². The van der Waals surface area contributed by atoms with E-state index in [-0.39, 0.29) is 35.8 Å². The van der Waals surface area contributed by atoms with Crippen LogP contribution in [0.1, 0.15) is 34.9 Å². The van der Waals surface area contributed by atoms with E-state index in [1.54, 1.807) is 34.9 Å². The van der Waals surface area contributed by atoms with Crippen molar-refractivity contribution >= 4 is 17.2 Å². The minimum Gasteiger partial charge on any atom is -0.503 e. The Hall–Kier alpha value is -3.15. The molecule has 0 saturated carbocycles. The van der Waals surface area contributed by atoms with Crippen molar-refractivity contribution in [3.8, 4) is 16.3 Å². The molecule has 0 bridgehead atoms. The second kappa shape index (κ2) is 10.6. The molecule has 0 aliphatic carbocycles. The summed E-state index contributed by atoms with van der Waals surface area (Å²) in [6.07, 6.45) is 1.98. The van der Waals surface area contributed by atoms with Crippen LogP contribution in [0.2, 0.25) is 0 Å². The summed E-state index contributed by atoms with van der Waals surface area (Å²) >= 11 is 1.21. The number of rotatable bonds is 9. The fourth-order valence-corrected chi connectivity index (χ4v) is 5.02. The second-order valence-electron chi connectivity index (χ2n) is 8.55. The first-order valence-electron chi connectivity index (χ1n) is 11.2. The van der Waals surface area contributed by atoms with Gasteiger partial charge in [-0.05, 0) is 31.5 Å². The minimum absolute atomic E-state index is 0.0448. The Labute approximate surface area is 205 Å². The van der Waals surface area contributed by atoms with E-state index >= 15 is 0 Å². The van der Waals surface area contributed by atoms with E-state index in [0.29, 0.717) is 36.2 Å². The summed E-state index contributed by atoms with van der Waals surface area (Å²) in [7, 11) is 1.59. The molecule has 4 rings (SSSR count). The van der Waals surface area contributed by atoms with Crippen LogP contribution < -0.4 is 5.43 Å². The lowest BCUT2D eigenvalue weighted by molar-refractivity contribution is 0.00831. The smallest absolute Gasteiger partial charge is 0.275 e. The highest BCUT2D eigenvalue weighted by atomic mass is 32.1. The number of pyridine rings is 1. The van der Waals surface area contributed by atoms with Crippen LogP contribution in [0.5, 0.6) is 5.75 Å². The van der Waals surface area contributed by atoms with Crippen LogP contribution in [0.4, 0.5) is 4.39 Å². The van der Waals surface area contributed by atoms with Crippen molar-refractivity contribution in [2.24, 2.45) is 0 Å². The number of carbonyl (C=O) groups is 1. The van der Waals surface area contributed by atoms with Crippen LogP contribution in [-0.4, -0.2) is 69.7 Å². The normalized spacial score (nSPS) is 15.6. The van der Waals surface area contributed by atoms with Gasteiger partial charge in [-0.15, -0.1) is 10.2 Å². The third-order valence-corrected chi connectivity index (χ3v) is 6.71. The number of halogens is 1. The number of fused-ring (bicyclic) bond motifs is 1. The summed E-state index contributed by atoms with van der Waals surface area (Å²) < 4.78 is 25.5. The van der Waals surface area contributed by atoms with Crippen LogP contribution in [0, 0.1) is 5.82 Å². The Balaban J connectivity index is 1.64. The molecule has 1 aliphatic rings. The lowest BCUT2D eigenvalue weighted by Gasteiger charge is -2.40. The molecular formula is C24H27FN4O5S. The summed E-state index contributed by atoms with van der Waals surface area (Å²) in [5.74, 6) is -1.36. The van der Waals surface area contributed by atoms with E-state index in [4.69, 9.17) is 9.47 Å². The highest BCUT2D eigenvalue weighted by molar-refractivity contribution is 7.14. The van der Waals surface area contributed by atoms with E-state index in [1.165, 1.54) is 23.5 Å². The van der Waals surface area contributed by atoms with Gasteiger partial charge in [0.05, 0.1) is 31.4 Å². The molecule has 1 atom stereocenters. The van der Waals surface area contributed by atoms with Crippen molar-refractivity contribution < 1.29 is 23.8 Å². The number of nitrogens with zero attached hydrogens (tertiary/aromatic N) is 4. The van der Waals surface area contributed by atoms with E-state index in [1.807, 2.05) is 13.8 Å². The Morgan fingerprint density at radius 3 is 2.63 bits per heavy atom. The van der Waals surface area contributed by atoms with Gasteiger partial charge in [0.2, 0.25) is 5.43 Å². The summed E-state index contributed by atoms with van der Waals surface area (Å²) in [4.78, 5) is 27.9. The Morgan fingerprint density at radius 2 is 1.94 bits per heavy atom. The maximum Gasteiger partial charge on any atom is 0.275 e. The van der Waals surface area contributed by atoms with Crippen molar-refractivity contribution in [2.75, 3.05) is 26.9 Å². The van der Waals surface area contributed by atoms with E-state index in [2.05, 4.69) is 10.2 Å². The monoisotopic (exact) mass is 502 g/mol. The number of hydrogen-bond donors (Lipinski definition) is 1. The predicted octanol–water partition coefficient (Wildman–Crippen LogP) is 2.70. The number of ether oxygens (including phenoxy) is 2. The van der Waals surface area contributed by atoms with Gasteiger partial charge in [-0.2, -0.15) is 0 Å². The molecule has 1 amide bonds. The average molecular weight is 503 g/mol. The average Bonchev–Trinajstić information content (AvgIpc) is 3.28. The van der Waals surface area contributed by atoms with Crippen LogP contribution in [0.25, 0.3) is 10.6 Å². The molecule has 2 aromatic heterocycles. The zero-order valence-electron chi connectivity index (χ0n) is 19.7. The van der Waals surface area contributed by atoms with Crippen LogP contribution in [0.3, 0.4) is 0 Å². The van der Waals surface area contributed by atoms with E-state index < -0.39 is 17.1 Å². The summed E-state index contributed by atoms with van der Waals surface area (Å²) in [6.45, 7) is 5.21. The van der Waals surface area contributed by atoms with Crippen molar-refractivity contribution in [2.45, 2.75) is 38.9 Å². The lowest BCUT2D eigenvalue weighted by Crippen LogP contribution is -2.54. The highest BCUT2D eigenvalue weighted by Gasteiger charge is 2.37. The van der Waals surface area contributed by atoms with Gasteiger partial charge in [-0.3, -0.25) is 9.59 Å².